The Kier molecular flexibility index (Phi) is 3.89. The van der Waals surface area contributed by atoms with Gasteiger partial charge in [0, 0.05) is 37.7 Å². The summed E-state index contributed by atoms with van der Waals surface area (Å²) in [4.78, 5) is 13.5. The van der Waals surface area contributed by atoms with Gasteiger partial charge in [-0.25, -0.2) is 8.42 Å². The lowest BCUT2D eigenvalue weighted by Crippen LogP contribution is -2.48. The number of hydrogen-bond donors (Lipinski definition) is 0. The zero-order valence-corrected chi connectivity index (χ0v) is 10.4. The number of hydrogen-bond acceptors (Lipinski definition) is 4. The first kappa shape index (κ1) is 12.6. The van der Waals surface area contributed by atoms with E-state index in [-0.39, 0.29) is 23.5 Å². The second-order valence-corrected chi connectivity index (χ2v) is 6.67. The van der Waals surface area contributed by atoms with Crippen molar-refractivity contribution in [3.63, 3.8) is 0 Å². The fourth-order valence-corrected chi connectivity index (χ4v) is 2.44. The smallest absolute Gasteiger partial charge is 0.148 e. The first-order chi connectivity index (χ1) is 6.81. The largest absolute Gasteiger partial charge is 0.299 e. The third kappa shape index (κ3) is 3.57. The number of carbonyl (C=O) groups excluding carboxylic acids is 1. The van der Waals surface area contributed by atoms with Crippen molar-refractivity contribution in [3.8, 4) is 0 Å². The molecule has 1 aliphatic heterocycles. The standard InChI is InChI=1S/C10H19NO3S/c1-8-9(2)11(5-4-10(8)12)6-7-15(3,13)14/h8-9H,4-7H2,1-3H3. The molecule has 4 nitrogen and oxygen atoms in total. The van der Waals surface area contributed by atoms with Crippen molar-refractivity contribution >= 4 is 15.6 Å². The highest BCUT2D eigenvalue weighted by molar-refractivity contribution is 7.90. The summed E-state index contributed by atoms with van der Waals surface area (Å²) in [6.45, 7) is 5.14. The van der Waals surface area contributed by atoms with Crippen LogP contribution in [0.15, 0.2) is 0 Å². The van der Waals surface area contributed by atoms with Crippen LogP contribution in [0.4, 0.5) is 0 Å². The quantitative estimate of drug-likeness (QED) is 0.705. The Hall–Kier alpha value is -0.420. The van der Waals surface area contributed by atoms with Gasteiger partial charge in [-0.15, -0.1) is 0 Å². The van der Waals surface area contributed by atoms with E-state index >= 15 is 0 Å². The number of nitrogens with zero attached hydrogens (tertiary/aromatic N) is 1. The van der Waals surface area contributed by atoms with Crippen LogP contribution in [0.25, 0.3) is 0 Å². The molecule has 2 atom stereocenters. The van der Waals surface area contributed by atoms with Crippen LogP contribution >= 0.6 is 0 Å². The van der Waals surface area contributed by atoms with Crippen LogP contribution in [0.5, 0.6) is 0 Å². The van der Waals surface area contributed by atoms with Gasteiger partial charge in [0.15, 0.2) is 0 Å². The van der Waals surface area contributed by atoms with Crippen molar-refractivity contribution in [3.05, 3.63) is 0 Å². The molecule has 0 bridgehead atoms. The summed E-state index contributed by atoms with van der Waals surface area (Å²) in [7, 11) is -2.90. The molecule has 0 radical (unpaired) electrons. The van der Waals surface area contributed by atoms with Crippen LogP contribution in [0.1, 0.15) is 20.3 Å². The van der Waals surface area contributed by atoms with Crippen LogP contribution in [0.3, 0.4) is 0 Å². The molecular formula is C10H19NO3S. The van der Waals surface area contributed by atoms with E-state index in [0.29, 0.717) is 19.5 Å². The van der Waals surface area contributed by atoms with Gasteiger partial charge in [-0.05, 0) is 6.92 Å². The van der Waals surface area contributed by atoms with E-state index in [1.165, 1.54) is 6.26 Å². The summed E-state index contributed by atoms with van der Waals surface area (Å²) in [5.74, 6) is 0.495. The highest BCUT2D eigenvalue weighted by Crippen LogP contribution is 2.19. The zero-order valence-electron chi connectivity index (χ0n) is 9.56. The third-order valence-corrected chi connectivity index (χ3v) is 4.13. The van der Waals surface area contributed by atoms with Gasteiger partial charge in [0.05, 0.1) is 5.75 Å². The minimum absolute atomic E-state index is 0.0262. The summed E-state index contributed by atoms with van der Waals surface area (Å²) < 4.78 is 22.1. The minimum Gasteiger partial charge on any atom is -0.299 e. The van der Waals surface area contributed by atoms with Crippen LogP contribution in [0.2, 0.25) is 0 Å². The molecule has 0 aromatic carbocycles. The average Bonchev–Trinajstić information content (AvgIpc) is 2.12. The minimum atomic E-state index is -2.90. The predicted octanol–water partition coefficient (Wildman–Crippen LogP) is 0.330. The Balaban J connectivity index is 2.53. The molecule has 0 spiro atoms. The Bertz CT molecular complexity index is 337. The molecule has 1 fully saturated rings. The first-order valence-corrected chi connectivity index (χ1v) is 7.32. The maximum absolute atomic E-state index is 11.4. The normalized spacial score (nSPS) is 29.4. The van der Waals surface area contributed by atoms with Crippen LogP contribution in [-0.4, -0.2) is 50.2 Å². The fraction of sp³-hybridized carbons (Fsp3) is 0.900. The average molecular weight is 233 g/mol. The van der Waals surface area contributed by atoms with E-state index < -0.39 is 9.84 Å². The summed E-state index contributed by atoms with van der Waals surface area (Å²) in [5, 5.41) is 0. The second kappa shape index (κ2) is 4.61. The van der Waals surface area contributed by atoms with Crippen molar-refractivity contribution in [2.24, 2.45) is 5.92 Å². The van der Waals surface area contributed by atoms with Crippen LogP contribution in [-0.2, 0) is 14.6 Å². The molecule has 2 unspecified atom stereocenters. The topological polar surface area (TPSA) is 54.5 Å². The van der Waals surface area contributed by atoms with E-state index in [0.717, 1.165) is 0 Å². The molecule has 0 aromatic rings. The van der Waals surface area contributed by atoms with Gasteiger partial charge in [0.1, 0.15) is 15.6 Å². The maximum Gasteiger partial charge on any atom is 0.148 e. The molecule has 0 amide bonds. The highest BCUT2D eigenvalue weighted by atomic mass is 32.2. The Morgan fingerprint density at radius 3 is 2.53 bits per heavy atom. The number of Topliss-reactive ketones (excluding diaryl/α,β-unsaturated/α-hetero) is 1. The zero-order chi connectivity index (χ0) is 11.6. The molecule has 88 valence electrons. The molecule has 1 saturated heterocycles. The summed E-state index contributed by atoms with van der Waals surface area (Å²) in [6.07, 6.45) is 1.80. The molecule has 5 heteroatoms. The lowest BCUT2D eigenvalue weighted by atomic mass is 9.91. The van der Waals surface area contributed by atoms with Crippen molar-refractivity contribution < 1.29 is 13.2 Å². The molecule has 0 saturated carbocycles. The van der Waals surface area contributed by atoms with Gasteiger partial charge in [0.2, 0.25) is 0 Å². The van der Waals surface area contributed by atoms with E-state index in [2.05, 4.69) is 4.90 Å². The molecule has 1 aliphatic rings. The monoisotopic (exact) mass is 233 g/mol. The van der Waals surface area contributed by atoms with Crippen LogP contribution < -0.4 is 0 Å². The lowest BCUT2D eigenvalue weighted by molar-refractivity contribution is -0.127. The fourth-order valence-electron chi connectivity index (χ4n) is 1.87. The van der Waals surface area contributed by atoms with Crippen LogP contribution in [0, 0.1) is 5.92 Å². The number of rotatable bonds is 3. The summed E-state index contributed by atoms with van der Waals surface area (Å²) >= 11 is 0. The lowest BCUT2D eigenvalue weighted by Gasteiger charge is -2.36. The Morgan fingerprint density at radius 1 is 1.40 bits per heavy atom. The first-order valence-electron chi connectivity index (χ1n) is 5.26. The molecule has 0 aliphatic carbocycles. The van der Waals surface area contributed by atoms with E-state index in [9.17, 15) is 13.2 Å². The summed E-state index contributed by atoms with van der Waals surface area (Å²) in [6, 6.07) is 0.160. The van der Waals surface area contributed by atoms with Gasteiger partial charge < -0.3 is 0 Å². The van der Waals surface area contributed by atoms with Crippen molar-refractivity contribution in [1.82, 2.24) is 4.90 Å². The van der Waals surface area contributed by atoms with Gasteiger partial charge in [-0.3, -0.25) is 9.69 Å². The van der Waals surface area contributed by atoms with E-state index in [4.69, 9.17) is 0 Å². The number of ketones is 1. The number of sulfone groups is 1. The molecule has 15 heavy (non-hydrogen) atoms. The number of likely N-dealkylation sites (tertiary alicyclic amines) is 1. The third-order valence-electron chi connectivity index (χ3n) is 3.20. The number of carbonyl (C=O) groups is 1. The molecular weight excluding hydrogens is 214 g/mol. The van der Waals surface area contributed by atoms with Crippen molar-refractivity contribution in [2.45, 2.75) is 26.3 Å². The van der Waals surface area contributed by atoms with Gasteiger partial charge in [0.25, 0.3) is 0 Å². The predicted molar refractivity (Wildman–Crippen MR) is 59.5 cm³/mol. The van der Waals surface area contributed by atoms with Crippen molar-refractivity contribution in [2.75, 3.05) is 25.1 Å². The molecule has 1 rings (SSSR count). The molecule has 1 heterocycles. The summed E-state index contributed by atoms with van der Waals surface area (Å²) in [5.41, 5.74) is 0. The SMILES string of the molecule is CC1C(=O)CCN(CCS(C)(=O)=O)C1C. The van der Waals surface area contributed by atoms with E-state index in [1.807, 2.05) is 13.8 Å². The molecule has 0 N–H and O–H groups in total. The van der Waals surface area contributed by atoms with Gasteiger partial charge in [-0.2, -0.15) is 0 Å². The van der Waals surface area contributed by atoms with Gasteiger partial charge >= 0.3 is 0 Å². The van der Waals surface area contributed by atoms with Gasteiger partial charge in [-0.1, -0.05) is 6.92 Å². The Labute approximate surface area is 91.6 Å². The Morgan fingerprint density at radius 2 is 2.00 bits per heavy atom. The maximum atomic E-state index is 11.4. The number of piperidine rings is 1. The second-order valence-electron chi connectivity index (χ2n) is 4.41. The highest BCUT2D eigenvalue weighted by Gasteiger charge is 2.30. The van der Waals surface area contributed by atoms with E-state index in [1.54, 1.807) is 0 Å². The molecule has 0 aromatic heterocycles. The van der Waals surface area contributed by atoms with Crippen molar-refractivity contribution in [1.29, 1.82) is 0 Å².